The minimum Gasteiger partial charge on any atom is -0.459 e. The van der Waals surface area contributed by atoms with Crippen LogP contribution in [0, 0.1) is 0 Å². The number of likely N-dealkylation sites (tertiary alicyclic amines) is 1. The second kappa shape index (κ2) is 6.39. The summed E-state index contributed by atoms with van der Waals surface area (Å²) in [4.78, 5) is 31.2. The van der Waals surface area contributed by atoms with Crippen LogP contribution in [0.25, 0.3) is 10.9 Å². The number of carbonyl (C=O) groups is 2. The predicted molar refractivity (Wildman–Crippen MR) is 93.1 cm³/mol. The molecule has 0 bridgehead atoms. The van der Waals surface area contributed by atoms with Gasteiger partial charge in [-0.2, -0.15) is 0 Å². The van der Waals surface area contributed by atoms with Gasteiger partial charge in [-0.05, 0) is 43.2 Å². The second-order valence-corrected chi connectivity index (χ2v) is 6.01. The summed E-state index contributed by atoms with van der Waals surface area (Å²) in [6.07, 6.45) is 2.87. The number of aromatic nitrogens is 1. The van der Waals surface area contributed by atoms with Crippen LogP contribution in [0.1, 0.15) is 23.4 Å². The minimum absolute atomic E-state index is 0.222. The summed E-state index contributed by atoms with van der Waals surface area (Å²) in [6, 6.07) is 14.2. The number of hydrogen-bond donors (Lipinski definition) is 1. The molecule has 1 aliphatic heterocycles. The topological polar surface area (TPSA) is 75.4 Å². The number of nitrogens with zero attached hydrogens (tertiary/aromatic N) is 2. The third kappa shape index (κ3) is 2.98. The average molecular weight is 335 g/mol. The molecule has 1 atom stereocenters. The summed E-state index contributed by atoms with van der Waals surface area (Å²) in [5, 5.41) is 3.84. The lowest BCUT2D eigenvalue weighted by molar-refractivity contribution is -0.119. The maximum atomic E-state index is 12.7. The molecule has 1 saturated heterocycles. The van der Waals surface area contributed by atoms with Crippen LogP contribution >= 0.6 is 0 Å². The van der Waals surface area contributed by atoms with Crippen LogP contribution in [-0.4, -0.2) is 34.3 Å². The van der Waals surface area contributed by atoms with E-state index in [1.807, 2.05) is 30.3 Å². The molecule has 0 saturated carbocycles. The Morgan fingerprint density at radius 1 is 1.12 bits per heavy atom. The number of fused-ring (bicyclic) bond motifs is 1. The number of nitrogens with one attached hydrogen (secondary N) is 1. The number of anilines is 1. The Hall–Kier alpha value is -3.15. The molecule has 3 heterocycles. The van der Waals surface area contributed by atoms with E-state index < -0.39 is 6.04 Å². The van der Waals surface area contributed by atoms with E-state index in [-0.39, 0.29) is 17.6 Å². The number of pyridine rings is 1. The fourth-order valence-corrected chi connectivity index (χ4v) is 3.17. The molecule has 6 nitrogen and oxygen atoms in total. The first-order valence-corrected chi connectivity index (χ1v) is 8.23. The van der Waals surface area contributed by atoms with E-state index in [0.717, 1.165) is 17.3 Å². The Morgan fingerprint density at radius 3 is 2.84 bits per heavy atom. The second-order valence-electron chi connectivity index (χ2n) is 6.01. The largest absolute Gasteiger partial charge is 0.459 e. The van der Waals surface area contributed by atoms with Gasteiger partial charge in [0.2, 0.25) is 5.91 Å². The van der Waals surface area contributed by atoms with E-state index in [1.165, 1.54) is 6.26 Å². The molecular weight excluding hydrogens is 318 g/mol. The lowest BCUT2D eigenvalue weighted by Gasteiger charge is -2.22. The van der Waals surface area contributed by atoms with Gasteiger partial charge in [-0.3, -0.25) is 9.59 Å². The van der Waals surface area contributed by atoms with Crippen LogP contribution in [0.15, 0.2) is 59.2 Å². The predicted octanol–water partition coefficient (Wildman–Crippen LogP) is 3.07. The van der Waals surface area contributed by atoms with Crippen molar-refractivity contribution < 1.29 is 14.0 Å². The molecule has 0 radical (unpaired) electrons. The summed E-state index contributed by atoms with van der Waals surface area (Å²) in [5.41, 5.74) is 0.815. The number of benzene rings is 1. The lowest BCUT2D eigenvalue weighted by Crippen LogP contribution is -2.43. The van der Waals surface area contributed by atoms with Crippen LogP contribution in [0.2, 0.25) is 0 Å². The number of furan rings is 1. The number of amides is 2. The molecule has 6 heteroatoms. The maximum Gasteiger partial charge on any atom is 0.290 e. The van der Waals surface area contributed by atoms with E-state index in [0.29, 0.717) is 18.8 Å². The molecule has 1 unspecified atom stereocenters. The summed E-state index contributed by atoms with van der Waals surface area (Å²) < 4.78 is 5.17. The SMILES string of the molecule is O=C(Nc1ccc2ccccc2n1)C1CCCN1C(=O)c1ccco1. The van der Waals surface area contributed by atoms with Crippen molar-refractivity contribution >= 4 is 28.5 Å². The monoisotopic (exact) mass is 335 g/mol. The molecular formula is C19H17N3O3. The molecule has 1 fully saturated rings. The van der Waals surface area contributed by atoms with Gasteiger partial charge in [0.1, 0.15) is 11.9 Å². The van der Waals surface area contributed by atoms with Crippen LogP contribution in [0.3, 0.4) is 0 Å². The number of rotatable bonds is 3. The minimum atomic E-state index is -0.508. The number of hydrogen-bond acceptors (Lipinski definition) is 4. The van der Waals surface area contributed by atoms with Crippen molar-refractivity contribution in [2.24, 2.45) is 0 Å². The number of para-hydroxylation sites is 1. The Balaban J connectivity index is 1.52. The Labute approximate surface area is 144 Å². The summed E-state index contributed by atoms with van der Waals surface area (Å²) in [5.74, 6) is 0.263. The van der Waals surface area contributed by atoms with Crippen LogP contribution < -0.4 is 5.32 Å². The fraction of sp³-hybridized carbons (Fsp3) is 0.211. The Bertz CT molecular complexity index is 921. The highest BCUT2D eigenvalue weighted by Crippen LogP contribution is 2.22. The molecule has 25 heavy (non-hydrogen) atoms. The first kappa shape index (κ1) is 15.4. The fourth-order valence-electron chi connectivity index (χ4n) is 3.17. The van der Waals surface area contributed by atoms with Crippen molar-refractivity contribution in [3.63, 3.8) is 0 Å². The summed E-state index contributed by atoms with van der Waals surface area (Å²) in [6.45, 7) is 0.544. The zero-order chi connectivity index (χ0) is 17.2. The van der Waals surface area contributed by atoms with Crippen LogP contribution in [0.4, 0.5) is 5.82 Å². The maximum absolute atomic E-state index is 12.7. The van der Waals surface area contributed by atoms with Crippen molar-refractivity contribution in [2.75, 3.05) is 11.9 Å². The van der Waals surface area contributed by atoms with Crippen LogP contribution in [-0.2, 0) is 4.79 Å². The smallest absolute Gasteiger partial charge is 0.290 e. The third-order valence-corrected chi connectivity index (χ3v) is 4.40. The molecule has 1 N–H and O–H groups in total. The van der Waals surface area contributed by atoms with Crippen molar-refractivity contribution in [1.82, 2.24) is 9.88 Å². The van der Waals surface area contributed by atoms with E-state index in [2.05, 4.69) is 10.3 Å². The normalized spacial score (nSPS) is 17.0. The summed E-state index contributed by atoms with van der Waals surface area (Å²) in [7, 11) is 0. The molecule has 0 spiro atoms. The van der Waals surface area contributed by atoms with Crippen LogP contribution in [0.5, 0.6) is 0 Å². The molecule has 1 aromatic carbocycles. The first-order chi connectivity index (χ1) is 12.2. The Morgan fingerprint density at radius 2 is 2.00 bits per heavy atom. The highest BCUT2D eigenvalue weighted by atomic mass is 16.3. The van der Waals surface area contributed by atoms with Gasteiger partial charge in [-0.1, -0.05) is 18.2 Å². The zero-order valence-corrected chi connectivity index (χ0v) is 13.5. The molecule has 3 aromatic rings. The van der Waals surface area contributed by atoms with E-state index in [9.17, 15) is 9.59 Å². The van der Waals surface area contributed by atoms with Gasteiger partial charge >= 0.3 is 0 Å². The van der Waals surface area contributed by atoms with Gasteiger partial charge in [-0.15, -0.1) is 0 Å². The van der Waals surface area contributed by atoms with Gasteiger partial charge in [0.25, 0.3) is 5.91 Å². The van der Waals surface area contributed by atoms with Crippen molar-refractivity contribution in [3.8, 4) is 0 Å². The van der Waals surface area contributed by atoms with E-state index >= 15 is 0 Å². The molecule has 126 valence electrons. The van der Waals surface area contributed by atoms with Crippen molar-refractivity contribution in [2.45, 2.75) is 18.9 Å². The molecule has 2 amide bonds. The van der Waals surface area contributed by atoms with Gasteiger partial charge in [-0.25, -0.2) is 4.98 Å². The highest BCUT2D eigenvalue weighted by molar-refractivity contribution is 6.00. The van der Waals surface area contributed by atoms with Crippen molar-refractivity contribution in [1.29, 1.82) is 0 Å². The molecule has 2 aromatic heterocycles. The van der Waals surface area contributed by atoms with Gasteiger partial charge in [0.15, 0.2) is 5.76 Å². The van der Waals surface area contributed by atoms with Gasteiger partial charge in [0.05, 0.1) is 11.8 Å². The summed E-state index contributed by atoms with van der Waals surface area (Å²) >= 11 is 0. The standard InChI is InChI=1S/C19H17N3O3/c23-18(21-17-10-9-13-5-1-2-6-14(13)20-17)15-7-3-11-22(15)19(24)16-8-4-12-25-16/h1-2,4-6,8-10,12,15H,3,7,11H2,(H,20,21,23). The Kier molecular flexibility index (Phi) is 3.93. The molecule has 0 aliphatic carbocycles. The van der Waals surface area contributed by atoms with Crippen molar-refractivity contribution in [3.05, 3.63) is 60.6 Å². The van der Waals surface area contributed by atoms with E-state index in [1.54, 1.807) is 23.1 Å². The van der Waals surface area contributed by atoms with Gasteiger partial charge < -0.3 is 14.6 Å². The highest BCUT2D eigenvalue weighted by Gasteiger charge is 2.35. The third-order valence-electron chi connectivity index (χ3n) is 4.40. The first-order valence-electron chi connectivity index (χ1n) is 8.23. The quantitative estimate of drug-likeness (QED) is 0.798. The number of carbonyl (C=O) groups excluding carboxylic acids is 2. The van der Waals surface area contributed by atoms with Gasteiger partial charge in [0, 0.05) is 11.9 Å². The van der Waals surface area contributed by atoms with E-state index in [4.69, 9.17) is 4.42 Å². The lowest BCUT2D eigenvalue weighted by atomic mass is 10.2. The zero-order valence-electron chi connectivity index (χ0n) is 13.5. The molecule has 4 rings (SSSR count). The average Bonchev–Trinajstić information content (AvgIpc) is 3.33. The molecule has 1 aliphatic rings.